The predicted octanol–water partition coefficient (Wildman–Crippen LogP) is 4.01. The molecule has 0 saturated heterocycles. The van der Waals surface area contributed by atoms with Crippen LogP contribution >= 0.6 is 0 Å². The Morgan fingerprint density at radius 1 is 1.15 bits per heavy atom. The Morgan fingerprint density at radius 2 is 1.88 bits per heavy atom. The average Bonchev–Trinajstić information content (AvgIpc) is 2.82. The second-order valence-corrected chi connectivity index (χ2v) is 8.71. The van der Waals surface area contributed by atoms with Crippen molar-refractivity contribution in [1.82, 2.24) is 4.90 Å². The van der Waals surface area contributed by atoms with Gasteiger partial charge in [0.1, 0.15) is 6.07 Å². The molecule has 0 unspecified atom stereocenters. The second-order valence-electron chi connectivity index (χ2n) is 8.71. The molecular weight excluding hydrogens is 414 g/mol. The summed E-state index contributed by atoms with van der Waals surface area (Å²) in [4.78, 5) is 2.28. The van der Waals surface area contributed by atoms with Crippen LogP contribution in [0.15, 0.2) is 41.1 Å². The van der Waals surface area contributed by atoms with Gasteiger partial charge in [0.2, 0.25) is 0 Å². The highest BCUT2D eigenvalue weighted by atomic mass is 16.5. The van der Waals surface area contributed by atoms with Gasteiger partial charge in [0.05, 0.1) is 36.6 Å². The summed E-state index contributed by atoms with van der Waals surface area (Å²) in [6, 6.07) is 12.4. The summed E-state index contributed by atoms with van der Waals surface area (Å²) in [5.41, 5.74) is 6.63. The predicted molar refractivity (Wildman–Crippen MR) is 125 cm³/mol. The maximum Gasteiger partial charge on any atom is 0.191 e. The van der Waals surface area contributed by atoms with E-state index in [9.17, 15) is 15.8 Å². The van der Waals surface area contributed by atoms with Gasteiger partial charge in [-0.3, -0.25) is 4.90 Å². The van der Waals surface area contributed by atoms with Crippen molar-refractivity contribution in [3.63, 3.8) is 0 Å². The molecule has 7 heteroatoms. The van der Waals surface area contributed by atoms with E-state index in [0.717, 1.165) is 17.6 Å². The molecule has 0 aromatic heterocycles. The van der Waals surface area contributed by atoms with Crippen molar-refractivity contribution in [2.24, 2.45) is 17.1 Å². The number of nitrogens with two attached hydrogens (primary N) is 1. The van der Waals surface area contributed by atoms with Gasteiger partial charge in [-0.2, -0.15) is 15.8 Å². The SMILES string of the molecule is CCCOc1ccc([C@H]2[C@@H]3CN(C(C)C)CC=C3C(C#N)=C(N)C2(C#N)C#N)cc1OCC. The fourth-order valence-corrected chi connectivity index (χ4v) is 4.82. The molecule has 0 fully saturated rings. The fraction of sp³-hybridized carbons (Fsp3) is 0.500. The fourth-order valence-electron chi connectivity index (χ4n) is 4.82. The Morgan fingerprint density at radius 3 is 2.45 bits per heavy atom. The molecule has 0 bridgehead atoms. The molecule has 0 radical (unpaired) electrons. The van der Waals surface area contributed by atoms with E-state index in [-0.39, 0.29) is 23.2 Å². The first-order valence-electron chi connectivity index (χ1n) is 11.4. The van der Waals surface area contributed by atoms with Crippen LogP contribution in [-0.2, 0) is 0 Å². The molecule has 172 valence electrons. The number of fused-ring (bicyclic) bond motifs is 1. The van der Waals surface area contributed by atoms with E-state index < -0.39 is 11.3 Å². The largest absolute Gasteiger partial charge is 0.490 e. The van der Waals surface area contributed by atoms with Gasteiger partial charge in [-0.15, -0.1) is 0 Å². The quantitative estimate of drug-likeness (QED) is 0.673. The second kappa shape index (κ2) is 9.99. The summed E-state index contributed by atoms with van der Waals surface area (Å²) in [5.74, 6) is 0.405. The summed E-state index contributed by atoms with van der Waals surface area (Å²) in [7, 11) is 0. The molecule has 0 saturated carbocycles. The average molecular weight is 446 g/mol. The lowest BCUT2D eigenvalue weighted by atomic mass is 9.58. The smallest absolute Gasteiger partial charge is 0.191 e. The molecule has 33 heavy (non-hydrogen) atoms. The molecule has 2 N–H and O–H groups in total. The zero-order chi connectivity index (χ0) is 24.2. The van der Waals surface area contributed by atoms with Crippen molar-refractivity contribution in [1.29, 1.82) is 15.8 Å². The van der Waals surface area contributed by atoms with E-state index >= 15 is 0 Å². The summed E-state index contributed by atoms with van der Waals surface area (Å²) >= 11 is 0. The Kier molecular flexibility index (Phi) is 7.32. The number of ether oxygens (including phenoxy) is 2. The zero-order valence-corrected chi connectivity index (χ0v) is 19.8. The lowest BCUT2D eigenvalue weighted by Gasteiger charge is -2.46. The van der Waals surface area contributed by atoms with Crippen LogP contribution in [-0.4, -0.2) is 37.2 Å². The van der Waals surface area contributed by atoms with Crippen molar-refractivity contribution in [3.8, 4) is 29.7 Å². The molecule has 0 spiro atoms. The first kappa shape index (κ1) is 24.2. The molecule has 3 rings (SSSR count). The number of hydrogen-bond acceptors (Lipinski definition) is 7. The molecule has 1 aromatic carbocycles. The van der Waals surface area contributed by atoms with Crippen LogP contribution < -0.4 is 15.2 Å². The van der Waals surface area contributed by atoms with Crippen molar-refractivity contribution < 1.29 is 9.47 Å². The molecule has 7 nitrogen and oxygen atoms in total. The van der Waals surface area contributed by atoms with Crippen molar-refractivity contribution >= 4 is 0 Å². The molecule has 1 aromatic rings. The van der Waals surface area contributed by atoms with Crippen LogP contribution in [0.25, 0.3) is 0 Å². The van der Waals surface area contributed by atoms with Gasteiger partial charge >= 0.3 is 0 Å². The maximum atomic E-state index is 10.3. The third-order valence-corrected chi connectivity index (χ3v) is 6.51. The minimum Gasteiger partial charge on any atom is -0.490 e. The zero-order valence-electron chi connectivity index (χ0n) is 19.8. The van der Waals surface area contributed by atoms with Gasteiger partial charge < -0.3 is 15.2 Å². The van der Waals surface area contributed by atoms with Crippen LogP contribution in [0.4, 0.5) is 0 Å². The highest BCUT2D eigenvalue weighted by Crippen LogP contribution is 2.55. The van der Waals surface area contributed by atoms with E-state index in [0.29, 0.717) is 37.8 Å². The highest BCUT2D eigenvalue weighted by molar-refractivity contribution is 5.60. The Labute approximate surface area is 196 Å². The van der Waals surface area contributed by atoms with Gasteiger partial charge in [0.15, 0.2) is 16.9 Å². The molecule has 1 aliphatic carbocycles. The Hall–Kier alpha value is -3.47. The summed E-state index contributed by atoms with van der Waals surface area (Å²) < 4.78 is 11.7. The number of benzene rings is 1. The van der Waals surface area contributed by atoms with Crippen molar-refractivity contribution in [2.45, 2.75) is 46.1 Å². The van der Waals surface area contributed by atoms with E-state index in [1.165, 1.54) is 0 Å². The lowest BCUT2D eigenvalue weighted by molar-refractivity contribution is 0.174. The lowest BCUT2D eigenvalue weighted by Crippen LogP contribution is -2.49. The van der Waals surface area contributed by atoms with E-state index in [2.05, 4.69) is 37.0 Å². The van der Waals surface area contributed by atoms with Gasteiger partial charge in [0.25, 0.3) is 0 Å². The van der Waals surface area contributed by atoms with Gasteiger partial charge in [-0.25, -0.2) is 0 Å². The first-order valence-corrected chi connectivity index (χ1v) is 11.4. The van der Waals surface area contributed by atoms with Crippen LogP contribution in [0.1, 0.15) is 45.6 Å². The van der Waals surface area contributed by atoms with Crippen molar-refractivity contribution in [3.05, 3.63) is 46.7 Å². The van der Waals surface area contributed by atoms with Gasteiger partial charge in [-0.05, 0) is 50.5 Å². The van der Waals surface area contributed by atoms with E-state index in [1.807, 2.05) is 38.1 Å². The van der Waals surface area contributed by atoms with Gasteiger partial charge in [0, 0.05) is 31.0 Å². The molecular formula is C26H31N5O2. The van der Waals surface area contributed by atoms with Crippen LogP contribution in [0.5, 0.6) is 11.5 Å². The third kappa shape index (κ3) is 4.15. The van der Waals surface area contributed by atoms with Crippen LogP contribution in [0.2, 0.25) is 0 Å². The number of allylic oxidation sites excluding steroid dienone is 2. The minimum absolute atomic E-state index is 0.0322. The van der Waals surface area contributed by atoms with Gasteiger partial charge in [-0.1, -0.05) is 19.1 Å². The highest BCUT2D eigenvalue weighted by Gasteiger charge is 2.54. The monoisotopic (exact) mass is 445 g/mol. The summed E-state index contributed by atoms with van der Waals surface area (Å²) in [6.45, 7) is 10.5. The van der Waals surface area contributed by atoms with Crippen LogP contribution in [0, 0.1) is 45.3 Å². The summed E-state index contributed by atoms with van der Waals surface area (Å²) in [5, 5.41) is 30.5. The van der Waals surface area contributed by atoms with Crippen molar-refractivity contribution in [2.75, 3.05) is 26.3 Å². The summed E-state index contributed by atoms with van der Waals surface area (Å²) in [6.07, 6.45) is 2.88. The molecule has 1 heterocycles. The molecule has 1 aliphatic heterocycles. The maximum absolute atomic E-state index is 10.3. The number of nitrogens with zero attached hydrogens (tertiary/aromatic N) is 4. The Balaban J connectivity index is 2.24. The number of rotatable bonds is 7. The third-order valence-electron chi connectivity index (χ3n) is 6.51. The van der Waals surface area contributed by atoms with Crippen LogP contribution in [0.3, 0.4) is 0 Å². The molecule has 0 amide bonds. The molecule has 2 atom stereocenters. The van der Waals surface area contributed by atoms with E-state index in [1.54, 1.807) is 0 Å². The minimum atomic E-state index is -1.66. The first-order chi connectivity index (χ1) is 15.9. The topological polar surface area (TPSA) is 119 Å². The standard InChI is InChI=1S/C26H31N5O2/c1-5-11-33-22-8-7-18(12-23(22)32-6-2)24-21-14-31(17(3)4)10-9-19(21)20(13-27)25(30)26(24,15-28)16-29/h7-9,12,17,21,24H,5-6,10-11,14,30H2,1-4H3/t21-,24+/m1/s1. The molecule has 2 aliphatic rings. The van der Waals surface area contributed by atoms with E-state index in [4.69, 9.17) is 15.2 Å². The number of nitriles is 3. The normalized spacial score (nSPS) is 21.9. The number of hydrogen-bond donors (Lipinski definition) is 1. The Bertz CT molecular complexity index is 1070.